The second kappa shape index (κ2) is 6.75. The van der Waals surface area contributed by atoms with Crippen LogP contribution >= 0.6 is 0 Å². The number of nitrogens with two attached hydrogens (primary N) is 1. The molecule has 2 aromatic rings. The molecule has 3 rings (SSSR count). The van der Waals surface area contributed by atoms with Gasteiger partial charge in [-0.15, -0.1) is 0 Å². The quantitative estimate of drug-likeness (QED) is 0.839. The van der Waals surface area contributed by atoms with Gasteiger partial charge in [0.05, 0.1) is 12.3 Å². The summed E-state index contributed by atoms with van der Waals surface area (Å²) in [5.74, 6) is 0.678. The van der Waals surface area contributed by atoms with Gasteiger partial charge in [0.15, 0.2) is 0 Å². The number of aromatic amines is 1. The second-order valence-corrected chi connectivity index (χ2v) is 4.60. The van der Waals surface area contributed by atoms with Crippen LogP contribution in [0.15, 0.2) is 30.7 Å². The third-order valence-electron chi connectivity index (χ3n) is 3.11. The van der Waals surface area contributed by atoms with Crippen molar-refractivity contribution < 1.29 is 9.53 Å². The average molecular weight is 273 g/mol. The van der Waals surface area contributed by atoms with E-state index in [1.165, 1.54) is 18.5 Å². The summed E-state index contributed by atoms with van der Waals surface area (Å²) in [5.41, 5.74) is 10.3. The number of nitrogen functional groups attached to an aromatic ring is 1. The van der Waals surface area contributed by atoms with Crippen molar-refractivity contribution in [2.45, 2.75) is 25.7 Å². The number of pyridine rings is 1. The number of ether oxygens (including phenoxy) is 1. The molecule has 0 spiro atoms. The third kappa shape index (κ3) is 3.38. The van der Waals surface area contributed by atoms with Crippen molar-refractivity contribution in [1.29, 1.82) is 0 Å². The zero-order valence-corrected chi connectivity index (χ0v) is 11.5. The fraction of sp³-hybridized carbons (Fsp3) is 0.333. The van der Waals surface area contributed by atoms with Crippen molar-refractivity contribution >= 4 is 12.2 Å². The van der Waals surface area contributed by atoms with Gasteiger partial charge >= 0.3 is 0 Å². The molecule has 0 atom stereocenters. The topological polar surface area (TPSA) is 81.0 Å². The summed E-state index contributed by atoms with van der Waals surface area (Å²) in [6.07, 6.45) is 8.07. The molecule has 1 aliphatic rings. The Kier molecular flexibility index (Phi) is 4.76. The number of carbonyl (C=O) groups is 1. The molecule has 1 fully saturated rings. The van der Waals surface area contributed by atoms with Crippen LogP contribution in [-0.4, -0.2) is 23.0 Å². The van der Waals surface area contributed by atoms with Crippen molar-refractivity contribution in [3.8, 4) is 11.1 Å². The monoisotopic (exact) mass is 273 g/mol. The molecule has 0 amide bonds. The predicted octanol–water partition coefficient (Wildman–Crippen LogP) is 2.72. The molecular formula is C15H19N3O2. The maximum Gasteiger partial charge on any atom is 0.293 e. The summed E-state index contributed by atoms with van der Waals surface area (Å²) in [6.45, 7) is 2.66. The van der Waals surface area contributed by atoms with Crippen LogP contribution in [0.2, 0.25) is 0 Å². The standard InChI is InChI=1S/C12H13N3.C3H6O2/c13-10-7-15-12(8-3-4-8)11(10)9-2-1-5-14-6-9;1-2-5-3-4/h1-2,5-8,15H,3-4,13H2;3H,2H2,1H3. The van der Waals surface area contributed by atoms with E-state index >= 15 is 0 Å². The van der Waals surface area contributed by atoms with Crippen LogP contribution in [0.25, 0.3) is 11.1 Å². The number of nitrogens with one attached hydrogen (secondary N) is 1. The molecule has 1 aliphatic carbocycles. The lowest BCUT2D eigenvalue weighted by molar-refractivity contribution is -0.128. The first-order valence-electron chi connectivity index (χ1n) is 6.70. The number of hydrogen-bond acceptors (Lipinski definition) is 4. The average Bonchev–Trinajstić information content (AvgIpc) is 3.24. The van der Waals surface area contributed by atoms with Crippen LogP contribution < -0.4 is 5.73 Å². The van der Waals surface area contributed by atoms with E-state index in [4.69, 9.17) is 5.73 Å². The van der Waals surface area contributed by atoms with E-state index in [0.29, 0.717) is 19.0 Å². The minimum atomic E-state index is 0.431. The van der Waals surface area contributed by atoms with E-state index in [-0.39, 0.29) is 0 Å². The summed E-state index contributed by atoms with van der Waals surface area (Å²) < 4.78 is 4.15. The Bertz CT molecular complexity index is 548. The Hall–Kier alpha value is -2.30. The summed E-state index contributed by atoms with van der Waals surface area (Å²) in [5, 5.41) is 0. The minimum Gasteiger partial charge on any atom is -0.468 e. The number of anilines is 1. The van der Waals surface area contributed by atoms with Gasteiger partial charge in [0.2, 0.25) is 0 Å². The first kappa shape index (κ1) is 14.1. The van der Waals surface area contributed by atoms with Gasteiger partial charge in [0.25, 0.3) is 6.47 Å². The molecule has 0 radical (unpaired) electrons. The molecule has 2 aromatic heterocycles. The molecule has 0 aliphatic heterocycles. The van der Waals surface area contributed by atoms with Crippen molar-refractivity contribution in [1.82, 2.24) is 9.97 Å². The molecular weight excluding hydrogens is 254 g/mol. The van der Waals surface area contributed by atoms with E-state index in [1.54, 1.807) is 13.1 Å². The van der Waals surface area contributed by atoms with Gasteiger partial charge in [-0.3, -0.25) is 9.78 Å². The van der Waals surface area contributed by atoms with Crippen molar-refractivity contribution in [2.75, 3.05) is 12.3 Å². The maximum atomic E-state index is 9.18. The lowest BCUT2D eigenvalue weighted by atomic mass is 10.0. The highest BCUT2D eigenvalue weighted by Crippen LogP contribution is 2.45. The molecule has 0 unspecified atom stereocenters. The predicted molar refractivity (Wildman–Crippen MR) is 78.1 cm³/mol. The van der Waals surface area contributed by atoms with E-state index < -0.39 is 0 Å². The fourth-order valence-corrected chi connectivity index (χ4v) is 2.05. The van der Waals surface area contributed by atoms with Crippen molar-refractivity contribution in [3.05, 3.63) is 36.4 Å². The summed E-state index contributed by atoms with van der Waals surface area (Å²) in [4.78, 5) is 16.6. The van der Waals surface area contributed by atoms with Gasteiger partial charge in [0.1, 0.15) is 0 Å². The van der Waals surface area contributed by atoms with Crippen LogP contribution in [0.1, 0.15) is 31.4 Å². The highest BCUT2D eigenvalue weighted by molar-refractivity contribution is 5.79. The summed E-state index contributed by atoms with van der Waals surface area (Å²) in [6, 6.07) is 4.00. The molecule has 5 nitrogen and oxygen atoms in total. The third-order valence-corrected chi connectivity index (χ3v) is 3.11. The van der Waals surface area contributed by atoms with E-state index in [0.717, 1.165) is 16.8 Å². The summed E-state index contributed by atoms with van der Waals surface area (Å²) in [7, 11) is 0. The Morgan fingerprint density at radius 1 is 1.55 bits per heavy atom. The maximum absolute atomic E-state index is 9.18. The Morgan fingerprint density at radius 3 is 2.85 bits per heavy atom. The zero-order chi connectivity index (χ0) is 14.4. The van der Waals surface area contributed by atoms with Crippen LogP contribution in [-0.2, 0) is 9.53 Å². The van der Waals surface area contributed by atoms with Gasteiger partial charge in [0, 0.05) is 35.4 Å². The van der Waals surface area contributed by atoms with Crippen LogP contribution in [0, 0.1) is 0 Å². The van der Waals surface area contributed by atoms with Gasteiger partial charge < -0.3 is 15.5 Å². The second-order valence-electron chi connectivity index (χ2n) is 4.60. The van der Waals surface area contributed by atoms with E-state index in [1.807, 2.05) is 18.5 Å². The molecule has 106 valence electrons. The van der Waals surface area contributed by atoms with E-state index in [2.05, 4.69) is 20.8 Å². The molecule has 3 N–H and O–H groups in total. The van der Waals surface area contributed by atoms with Crippen LogP contribution in [0.3, 0.4) is 0 Å². The van der Waals surface area contributed by atoms with Crippen LogP contribution in [0.4, 0.5) is 5.69 Å². The lowest BCUT2D eigenvalue weighted by Crippen LogP contribution is -1.89. The van der Waals surface area contributed by atoms with Crippen molar-refractivity contribution in [3.63, 3.8) is 0 Å². The highest BCUT2D eigenvalue weighted by atomic mass is 16.5. The number of nitrogens with zero attached hydrogens (tertiary/aromatic N) is 1. The fourth-order valence-electron chi connectivity index (χ4n) is 2.05. The Labute approximate surface area is 118 Å². The molecule has 1 saturated carbocycles. The number of hydrogen-bond donors (Lipinski definition) is 2. The van der Waals surface area contributed by atoms with E-state index in [9.17, 15) is 4.79 Å². The SMILES string of the molecule is CCOC=O.Nc1c[nH]c(C2CC2)c1-c1cccnc1. The number of carbonyl (C=O) groups excluding carboxylic acids is 1. The molecule has 0 saturated heterocycles. The smallest absolute Gasteiger partial charge is 0.293 e. The van der Waals surface area contributed by atoms with Gasteiger partial charge in [-0.25, -0.2) is 0 Å². The first-order valence-corrected chi connectivity index (χ1v) is 6.70. The van der Waals surface area contributed by atoms with Crippen molar-refractivity contribution in [2.24, 2.45) is 0 Å². The highest BCUT2D eigenvalue weighted by Gasteiger charge is 2.28. The van der Waals surface area contributed by atoms with Crippen LogP contribution in [0.5, 0.6) is 0 Å². The van der Waals surface area contributed by atoms with Gasteiger partial charge in [-0.2, -0.15) is 0 Å². The molecule has 20 heavy (non-hydrogen) atoms. The number of H-pyrrole nitrogens is 1. The number of aromatic nitrogens is 2. The minimum absolute atomic E-state index is 0.431. The van der Waals surface area contributed by atoms with Gasteiger partial charge in [-0.05, 0) is 31.7 Å². The zero-order valence-electron chi connectivity index (χ0n) is 11.5. The molecule has 2 heterocycles. The first-order chi connectivity index (χ1) is 9.77. The lowest BCUT2D eigenvalue weighted by Gasteiger charge is -2.03. The Morgan fingerprint density at radius 2 is 2.35 bits per heavy atom. The normalized spacial score (nSPS) is 13.2. The molecule has 5 heteroatoms. The summed E-state index contributed by atoms with van der Waals surface area (Å²) >= 11 is 0. The number of rotatable bonds is 4. The molecule has 0 bridgehead atoms. The van der Waals surface area contributed by atoms with Gasteiger partial charge in [-0.1, -0.05) is 6.07 Å². The largest absolute Gasteiger partial charge is 0.468 e. The molecule has 0 aromatic carbocycles. The Balaban J connectivity index is 0.000000257.